The molecule has 0 radical (unpaired) electrons. The number of carbonyl (C=O) groups is 1. The van der Waals surface area contributed by atoms with Crippen LogP contribution in [0.25, 0.3) is 6.08 Å². The molecule has 1 atom stereocenters. The number of nitrogens with zero attached hydrogens (tertiary/aromatic N) is 2. The van der Waals surface area contributed by atoms with E-state index in [0.29, 0.717) is 39.6 Å². The highest BCUT2D eigenvalue weighted by Crippen LogP contribution is 2.30. The Morgan fingerprint density at radius 3 is 2.40 bits per heavy atom. The van der Waals surface area contributed by atoms with E-state index < -0.39 is 12.0 Å². The molecule has 0 fully saturated rings. The lowest BCUT2D eigenvalue weighted by Gasteiger charge is -2.24. The predicted octanol–water partition coefficient (Wildman–Crippen LogP) is 4.56. The Hall–Kier alpha value is -4.43. The number of hydrogen-bond donors (Lipinski definition) is 0. The first-order valence-corrected chi connectivity index (χ1v) is 13.9. The molecule has 2 heterocycles. The van der Waals surface area contributed by atoms with E-state index in [9.17, 15) is 9.59 Å². The van der Waals surface area contributed by atoms with Crippen LogP contribution in [0, 0.1) is 6.92 Å². The third kappa shape index (κ3) is 5.77. The van der Waals surface area contributed by atoms with Gasteiger partial charge in [0.25, 0.3) is 5.56 Å². The van der Waals surface area contributed by atoms with Crippen molar-refractivity contribution < 1.29 is 19.0 Å². The van der Waals surface area contributed by atoms with E-state index in [1.165, 1.54) is 16.9 Å². The first kappa shape index (κ1) is 27.1. The number of esters is 1. The lowest BCUT2D eigenvalue weighted by Crippen LogP contribution is -2.39. The number of aryl methyl sites for hydroxylation is 1. The number of para-hydroxylation sites is 1. The van der Waals surface area contributed by atoms with Crippen molar-refractivity contribution >= 4 is 23.4 Å². The molecule has 1 aliphatic heterocycles. The number of fused-ring (bicyclic) bond motifs is 1. The van der Waals surface area contributed by atoms with Gasteiger partial charge in [-0.3, -0.25) is 9.36 Å². The van der Waals surface area contributed by atoms with Gasteiger partial charge in [-0.2, -0.15) is 0 Å². The molecule has 8 heteroatoms. The summed E-state index contributed by atoms with van der Waals surface area (Å²) in [6, 6.07) is 24.3. The van der Waals surface area contributed by atoms with Gasteiger partial charge in [-0.25, -0.2) is 9.79 Å². The van der Waals surface area contributed by atoms with Crippen molar-refractivity contribution in [3.05, 3.63) is 127 Å². The number of thiazole rings is 1. The lowest BCUT2D eigenvalue weighted by atomic mass is 9.96. The van der Waals surface area contributed by atoms with Gasteiger partial charge in [-0.05, 0) is 50.6 Å². The first-order valence-electron chi connectivity index (χ1n) is 13.1. The lowest BCUT2D eigenvalue weighted by molar-refractivity contribution is -0.139. The first-order chi connectivity index (χ1) is 19.5. The predicted molar refractivity (Wildman–Crippen MR) is 155 cm³/mol. The second-order valence-electron chi connectivity index (χ2n) is 9.26. The third-order valence-corrected chi connectivity index (χ3v) is 7.45. The summed E-state index contributed by atoms with van der Waals surface area (Å²) in [4.78, 5) is 32.0. The van der Waals surface area contributed by atoms with Gasteiger partial charge in [0, 0.05) is 5.56 Å². The molecule has 0 N–H and O–H groups in total. The Morgan fingerprint density at radius 1 is 0.950 bits per heavy atom. The third-order valence-electron chi connectivity index (χ3n) is 6.47. The van der Waals surface area contributed by atoms with E-state index in [1.54, 1.807) is 18.4 Å². The largest absolute Gasteiger partial charge is 0.490 e. The van der Waals surface area contributed by atoms with Crippen molar-refractivity contribution in [3.63, 3.8) is 0 Å². The number of hydrogen-bond acceptors (Lipinski definition) is 7. The molecule has 1 aromatic heterocycles. The SMILES string of the molecule is CCOC(=O)C1=C(C)N=c2sc(=Cc3ccccc3OCCOc3ccc(C)cc3)c(=O)n2[C@@H]1c1ccccc1. The minimum atomic E-state index is -0.635. The molecule has 0 bridgehead atoms. The zero-order chi connectivity index (χ0) is 28.1. The van der Waals surface area contributed by atoms with E-state index in [0.717, 1.165) is 16.9 Å². The van der Waals surface area contributed by atoms with Crippen LogP contribution in [0.3, 0.4) is 0 Å². The van der Waals surface area contributed by atoms with E-state index in [-0.39, 0.29) is 12.2 Å². The van der Waals surface area contributed by atoms with Gasteiger partial charge in [-0.1, -0.05) is 77.6 Å². The summed E-state index contributed by atoms with van der Waals surface area (Å²) < 4.78 is 19.2. The van der Waals surface area contributed by atoms with Crippen LogP contribution in [0.4, 0.5) is 0 Å². The van der Waals surface area contributed by atoms with E-state index >= 15 is 0 Å². The minimum absolute atomic E-state index is 0.231. The van der Waals surface area contributed by atoms with Gasteiger partial charge in [-0.15, -0.1) is 0 Å². The molecule has 1 aliphatic rings. The Labute approximate surface area is 236 Å². The minimum Gasteiger partial charge on any atom is -0.490 e. The average Bonchev–Trinajstić information content (AvgIpc) is 3.26. The van der Waals surface area contributed by atoms with Gasteiger partial charge in [0.1, 0.15) is 24.7 Å². The zero-order valence-electron chi connectivity index (χ0n) is 22.6. The van der Waals surface area contributed by atoms with Crippen molar-refractivity contribution in [2.75, 3.05) is 19.8 Å². The monoisotopic (exact) mass is 554 g/mol. The number of ether oxygens (including phenoxy) is 3. The van der Waals surface area contributed by atoms with Gasteiger partial charge >= 0.3 is 5.97 Å². The molecule has 3 aromatic carbocycles. The standard InChI is InChI=1S/C32H30N2O5S/c1-4-37-31(36)28-22(3)33-32-34(29(28)23-10-6-5-7-11-23)30(35)27(40-32)20-24-12-8-9-13-26(24)39-19-18-38-25-16-14-21(2)15-17-25/h5-17,20,29H,4,18-19H2,1-3H3/t29-/m1/s1. The topological polar surface area (TPSA) is 79.1 Å². The molecular formula is C32H30N2O5S. The molecule has 5 rings (SSSR count). The van der Waals surface area contributed by atoms with Crippen LogP contribution in [0.15, 0.2) is 99.9 Å². The summed E-state index contributed by atoms with van der Waals surface area (Å²) >= 11 is 1.28. The maximum atomic E-state index is 13.8. The van der Waals surface area contributed by atoms with Crippen LogP contribution in [0.2, 0.25) is 0 Å². The van der Waals surface area contributed by atoms with Gasteiger partial charge in [0.05, 0.1) is 28.5 Å². The fourth-order valence-corrected chi connectivity index (χ4v) is 5.60. The molecule has 40 heavy (non-hydrogen) atoms. The van der Waals surface area contributed by atoms with Crippen LogP contribution in [0.5, 0.6) is 11.5 Å². The van der Waals surface area contributed by atoms with Gasteiger partial charge in [0.2, 0.25) is 0 Å². The summed E-state index contributed by atoms with van der Waals surface area (Å²) in [5.41, 5.74) is 3.42. The van der Waals surface area contributed by atoms with E-state index in [2.05, 4.69) is 4.99 Å². The molecule has 7 nitrogen and oxygen atoms in total. The van der Waals surface area contributed by atoms with Crippen LogP contribution in [0.1, 0.15) is 36.6 Å². The molecule has 0 amide bonds. The number of aromatic nitrogens is 1. The van der Waals surface area contributed by atoms with Crippen molar-refractivity contribution in [3.8, 4) is 11.5 Å². The molecule has 204 valence electrons. The molecule has 0 unspecified atom stereocenters. The average molecular weight is 555 g/mol. The van der Waals surface area contributed by atoms with Gasteiger partial charge < -0.3 is 14.2 Å². The quantitative estimate of drug-likeness (QED) is 0.224. The second-order valence-corrected chi connectivity index (χ2v) is 10.3. The molecule has 0 saturated heterocycles. The zero-order valence-corrected chi connectivity index (χ0v) is 23.4. The highest BCUT2D eigenvalue weighted by molar-refractivity contribution is 7.07. The summed E-state index contributed by atoms with van der Waals surface area (Å²) in [5.74, 6) is 0.955. The molecule has 0 aliphatic carbocycles. The normalized spacial score (nSPS) is 14.9. The summed E-state index contributed by atoms with van der Waals surface area (Å²) in [6.07, 6.45) is 1.81. The van der Waals surface area contributed by atoms with E-state index in [1.807, 2.05) is 91.9 Å². The van der Waals surface area contributed by atoms with Crippen LogP contribution < -0.4 is 24.4 Å². The summed E-state index contributed by atoms with van der Waals surface area (Å²) in [5, 5.41) is 0. The maximum Gasteiger partial charge on any atom is 0.338 e. The molecule has 4 aromatic rings. The molecule has 0 spiro atoms. The maximum absolute atomic E-state index is 13.8. The highest BCUT2D eigenvalue weighted by Gasteiger charge is 2.33. The Kier molecular flexibility index (Phi) is 8.26. The number of allylic oxidation sites excluding steroid dienone is 1. The number of carbonyl (C=O) groups excluding carboxylic acids is 1. The number of rotatable bonds is 9. The van der Waals surface area contributed by atoms with Crippen molar-refractivity contribution in [2.24, 2.45) is 4.99 Å². The van der Waals surface area contributed by atoms with Crippen molar-refractivity contribution in [1.29, 1.82) is 0 Å². The second kappa shape index (κ2) is 12.2. The van der Waals surface area contributed by atoms with E-state index in [4.69, 9.17) is 14.2 Å². The Morgan fingerprint density at radius 2 is 1.65 bits per heavy atom. The summed E-state index contributed by atoms with van der Waals surface area (Å²) in [7, 11) is 0. The van der Waals surface area contributed by atoms with Crippen LogP contribution in [-0.4, -0.2) is 30.4 Å². The van der Waals surface area contributed by atoms with Crippen molar-refractivity contribution in [2.45, 2.75) is 26.8 Å². The van der Waals surface area contributed by atoms with Crippen LogP contribution in [-0.2, 0) is 9.53 Å². The summed E-state index contributed by atoms with van der Waals surface area (Å²) in [6.45, 7) is 6.52. The molecule has 0 saturated carbocycles. The smallest absolute Gasteiger partial charge is 0.338 e. The fourth-order valence-electron chi connectivity index (χ4n) is 4.56. The number of benzene rings is 3. The Bertz CT molecular complexity index is 1720. The van der Waals surface area contributed by atoms with Gasteiger partial charge in [0.15, 0.2) is 4.80 Å². The van der Waals surface area contributed by atoms with Crippen molar-refractivity contribution in [1.82, 2.24) is 4.57 Å². The Balaban J connectivity index is 1.47. The van der Waals surface area contributed by atoms with Crippen LogP contribution >= 0.6 is 11.3 Å². The molecular weight excluding hydrogens is 524 g/mol. The fraction of sp³-hybridized carbons (Fsp3) is 0.219. The highest BCUT2D eigenvalue weighted by atomic mass is 32.1.